The highest BCUT2D eigenvalue weighted by Gasteiger charge is 2.49. The van der Waals surface area contributed by atoms with Crippen molar-refractivity contribution in [1.82, 2.24) is 0 Å². The average Bonchev–Trinajstić information content (AvgIpc) is 1.72. The third kappa shape index (κ3) is 0.834. The first-order valence-corrected chi connectivity index (χ1v) is 4.35. The van der Waals surface area contributed by atoms with Crippen LogP contribution in [0.1, 0.15) is 12.8 Å². The first-order chi connectivity index (χ1) is 4.85. The molecule has 0 N–H and O–H groups in total. The lowest BCUT2D eigenvalue weighted by molar-refractivity contribution is -0.152. The number of thioether (sulfide) groups is 1. The van der Waals surface area contributed by atoms with Gasteiger partial charge in [0.05, 0.1) is 13.2 Å². The Kier molecular flexibility index (Phi) is 1.40. The fourth-order valence-corrected chi connectivity index (χ4v) is 2.71. The van der Waals surface area contributed by atoms with Gasteiger partial charge in [0.15, 0.2) is 0 Å². The van der Waals surface area contributed by atoms with Crippen molar-refractivity contribution in [1.29, 1.82) is 5.26 Å². The quantitative estimate of drug-likeness (QED) is 0.536. The third-order valence-corrected chi connectivity index (χ3v) is 3.13. The molecule has 10 heavy (non-hydrogen) atoms. The second kappa shape index (κ2) is 2.14. The smallest absolute Gasteiger partial charge is 0.133 e. The van der Waals surface area contributed by atoms with Gasteiger partial charge in [-0.15, -0.1) is 0 Å². The lowest BCUT2D eigenvalue weighted by Crippen LogP contribution is -2.53. The van der Waals surface area contributed by atoms with Crippen molar-refractivity contribution in [2.45, 2.75) is 18.1 Å². The minimum Gasteiger partial charge on any atom is -0.380 e. The largest absolute Gasteiger partial charge is 0.380 e. The molecule has 1 spiro atoms. The van der Waals surface area contributed by atoms with E-state index in [1.165, 1.54) is 24.6 Å². The molecule has 1 aliphatic heterocycles. The summed E-state index contributed by atoms with van der Waals surface area (Å²) in [7, 11) is 0. The highest BCUT2D eigenvalue weighted by molar-refractivity contribution is 8.04. The topological polar surface area (TPSA) is 33.0 Å². The predicted molar refractivity (Wildman–Crippen MR) is 39.5 cm³/mol. The Labute approximate surface area is 64.5 Å². The first kappa shape index (κ1) is 6.51. The number of ether oxygens (including phenoxy) is 1. The summed E-state index contributed by atoms with van der Waals surface area (Å²) in [5.41, 5.74) is 0.522. The van der Waals surface area contributed by atoms with Crippen molar-refractivity contribution in [3.8, 4) is 5.40 Å². The molecule has 54 valence electrons. The number of nitriles is 1. The van der Waals surface area contributed by atoms with E-state index in [4.69, 9.17) is 10.00 Å². The zero-order chi connectivity index (χ0) is 7.03. The van der Waals surface area contributed by atoms with Crippen LogP contribution in [0, 0.1) is 16.1 Å². The number of hydrogen-bond donors (Lipinski definition) is 0. The SMILES string of the molecule is N#CSC1CC2(COC2)C1. The standard InChI is InChI=1S/C7H9NOS/c8-5-10-6-1-7(2-6)3-9-4-7/h6H,1-4H2. The minimum atomic E-state index is 0.522. The van der Waals surface area contributed by atoms with Gasteiger partial charge >= 0.3 is 0 Å². The van der Waals surface area contributed by atoms with Crippen LogP contribution >= 0.6 is 11.8 Å². The maximum atomic E-state index is 8.34. The van der Waals surface area contributed by atoms with Gasteiger partial charge in [0.1, 0.15) is 5.40 Å². The van der Waals surface area contributed by atoms with Crippen LogP contribution in [0.4, 0.5) is 0 Å². The molecule has 0 aromatic heterocycles. The summed E-state index contributed by atoms with van der Waals surface area (Å²) in [6, 6.07) is 0. The number of nitrogens with zero attached hydrogens (tertiary/aromatic N) is 1. The Hall–Kier alpha value is -0.200. The molecular formula is C7H9NOS. The zero-order valence-corrected chi connectivity index (χ0v) is 6.49. The second-order valence-electron chi connectivity index (χ2n) is 3.23. The van der Waals surface area contributed by atoms with E-state index in [-0.39, 0.29) is 0 Å². The van der Waals surface area contributed by atoms with E-state index in [0.29, 0.717) is 10.7 Å². The Morgan fingerprint density at radius 1 is 1.50 bits per heavy atom. The highest BCUT2D eigenvalue weighted by atomic mass is 32.2. The lowest BCUT2D eigenvalue weighted by Gasteiger charge is -2.52. The van der Waals surface area contributed by atoms with Gasteiger partial charge in [0, 0.05) is 10.7 Å². The number of thiocyanates is 1. The molecule has 0 radical (unpaired) electrons. The Morgan fingerprint density at radius 3 is 2.60 bits per heavy atom. The van der Waals surface area contributed by atoms with Crippen LogP contribution in [0.15, 0.2) is 0 Å². The molecule has 0 atom stereocenters. The van der Waals surface area contributed by atoms with Crippen LogP contribution in [-0.4, -0.2) is 18.5 Å². The van der Waals surface area contributed by atoms with Crippen molar-refractivity contribution in [3.63, 3.8) is 0 Å². The lowest BCUT2D eigenvalue weighted by atomic mass is 9.67. The van der Waals surface area contributed by atoms with Crippen molar-refractivity contribution < 1.29 is 4.74 Å². The number of rotatable bonds is 1. The maximum Gasteiger partial charge on any atom is 0.133 e. The predicted octanol–water partition coefficient (Wildman–Crippen LogP) is 1.38. The van der Waals surface area contributed by atoms with E-state index in [0.717, 1.165) is 13.2 Å². The van der Waals surface area contributed by atoms with Crippen molar-refractivity contribution in [2.24, 2.45) is 5.41 Å². The highest BCUT2D eigenvalue weighted by Crippen LogP contribution is 2.51. The molecule has 0 amide bonds. The number of hydrogen-bond acceptors (Lipinski definition) is 3. The van der Waals surface area contributed by atoms with Gasteiger partial charge in [-0.1, -0.05) is 0 Å². The van der Waals surface area contributed by atoms with E-state index >= 15 is 0 Å². The molecule has 0 aromatic rings. The molecule has 1 aliphatic carbocycles. The second-order valence-corrected chi connectivity index (χ2v) is 4.32. The molecule has 1 heterocycles. The monoisotopic (exact) mass is 155 g/mol. The van der Waals surface area contributed by atoms with Gasteiger partial charge < -0.3 is 4.74 Å². The summed E-state index contributed by atoms with van der Waals surface area (Å²) in [6.07, 6.45) is 2.40. The Morgan fingerprint density at radius 2 is 2.20 bits per heavy atom. The van der Waals surface area contributed by atoms with E-state index in [1.807, 2.05) is 0 Å². The van der Waals surface area contributed by atoms with Crippen LogP contribution in [0.2, 0.25) is 0 Å². The molecule has 0 aromatic carbocycles. The van der Waals surface area contributed by atoms with Gasteiger partial charge in [-0.3, -0.25) is 0 Å². The summed E-state index contributed by atoms with van der Waals surface area (Å²) in [6.45, 7) is 1.88. The molecule has 2 aliphatic rings. The summed E-state index contributed by atoms with van der Waals surface area (Å²) in [5.74, 6) is 0. The van der Waals surface area contributed by atoms with Gasteiger partial charge in [-0.25, -0.2) is 0 Å². The molecule has 0 unspecified atom stereocenters. The van der Waals surface area contributed by atoms with E-state index in [1.54, 1.807) is 0 Å². The van der Waals surface area contributed by atoms with Crippen LogP contribution in [0.25, 0.3) is 0 Å². The molecule has 3 heteroatoms. The summed E-state index contributed by atoms with van der Waals surface area (Å²) < 4.78 is 5.11. The maximum absolute atomic E-state index is 8.34. The van der Waals surface area contributed by atoms with E-state index < -0.39 is 0 Å². The Bertz CT molecular complexity index is 175. The minimum absolute atomic E-state index is 0.522. The van der Waals surface area contributed by atoms with Crippen molar-refractivity contribution in [3.05, 3.63) is 0 Å². The molecule has 2 nitrogen and oxygen atoms in total. The molecule has 2 fully saturated rings. The van der Waals surface area contributed by atoms with Gasteiger partial charge in [0.2, 0.25) is 0 Å². The summed E-state index contributed by atoms with van der Waals surface area (Å²) in [5, 5.41) is 11.1. The fourth-order valence-electron chi connectivity index (χ4n) is 1.69. The first-order valence-electron chi connectivity index (χ1n) is 3.47. The van der Waals surface area contributed by atoms with Gasteiger partial charge in [-0.05, 0) is 24.6 Å². The summed E-state index contributed by atoms with van der Waals surface area (Å²) >= 11 is 1.42. The normalized spacial score (nSPS) is 28.7. The van der Waals surface area contributed by atoms with E-state index in [2.05, 4.69) is 5.40 Å². The van der Waals surface area contributed by atoms with Gasteiger partial charge in [0.25, 0.3) is 0 Å². The Balaban J connectivity index is 1.78. The third-order valence-electron chi connectivity index (χ3n) is 2.36. The molecule has 0 bridgehead atoms. The molecular weight excluding hydrogens is 146 g/mol. The molecule has 1 saturated carbocycles. The van der Waals surface area contributed by atoms with Gasteiger partial charge in [-0.2, -0.15) is 5.26 Å². The van der Waals surface area contributed by atoms with Crippen LogP contribution in [0.3, 0.4) is 0 Å². The molecule has 2 rings (SSSR count). The van der Waals surface area contributed by atoms with Crippen molar-refractivity contribution in [2.75, 3.05) is 13.2 Å². The van der Waals surface area contributed by atoms with Crippen molar-refractivity contribution >= 4 is 11.8 Å². The van der Waals surface area contributed by atoms with E-state index in [9.17, 15) is 0 Å². The van der Waals surface area contributed by atoms with Crippen LogP contribution in [-0.2, 0) is 4.74 Å². The van der Waals surface area contributed by atoms with Crippen LogP contribution in [0.5, 0.6) is 0 Å². The molecule has 1 saturated heterocycles. The zero-order valence-electron chi connectivity index (χ0n) is 5.67. The average molecular weight is 155 g/mol. The van der Waals surface area contributed by atoms with Crippen LogP contribution < -0.4 is 0 Å². The fraction of sp³-hybridized carbons (Fsp3) is 0.857. The summed E-state index contributed by atoms with van der Waals surface area (Å²) in [4.78, 5) is 0.